The summed E-state index contributed by atoms with van der Waals surface area (Å²) in [6.45, 7) is 1.08. The molecule has 0 atom stereocenters. The number of carboxylic acids is 1. The van der Waals surface area contributed by atoms with Crippen molar-refractivity contribution in [1.29, 1.82) is 0 Å². The smallest absolute Gasteiger partial charge is 0.300 e. The van der Waals surface area contributed by atoms with Crippen molar-refractivity contribution in [3.05, 3.63) is 0 Å². The third kappa shape index (κ3) is 1010. The van der Waals surface area contributed by atoms with Gasteiger partial charge in [-0.25, -0.2) is 0 Å². The van der Waals surface area contributed by atoms with E-state index in [1.165, 1.54) is 0 Å². The Hall–Kier alpha value is -0.280. The molecule has 0 bridgehead atoms. The van der Waals surface area contributed by atoms with Gasteiger partial charge in [-0.15, -0.1) is 0 Å². The molecule has 0 aliphatic rings. The predicted octanol–water partition coefficient (Wildman–Crippen LogP) is 0.266. The molecule has 0 radical (unpaired) electrons. The molecule has 0 aromatic rings. The van der Waals surface area contributed by atoms with Crippen LogP contribution in [-0.2, 0) is 4.79 Å². The van der Waals surface area contributed by atoms with Crippen LogP contribution >= 0.6 is 11.6 Å². The van der Waals surface area contributed by atoms with Crippen LogP contribution in [0.25, 0.3) is 0 Å². The van der Waals surface area contributed by atoms with Gasteiger partial charge in [0.15, 0.2) is 0 Å². The monoisotopic (exact) mass is 126 g/mol. The number of aliphatic hydroxyl groups is 1. The van der Waals surface area contributed by atoms with Gasteiger partial charge in [-0.1, -0.05) is 11.6 Å². The summed E-state index contributed by atoms with van der Waals surface area (Å²) in [5, 5.41) is 14.8. The number of halogens is 1. The molecule has 0 heterocycles. The summed E-state index contributed by atoms with van der Waals surface area (Å²) in [6.07, 6.45) is 0. The number of carbonyl (C=O) groups is 1. The zero-order chi connectivity index (χ0) is 6.28. The summed E-state index contributed by atoms with van der Waals surface area (Å²) in [7, 11) is 0. The number of hydrogen-bond acceptors (Lipinski definition) is 2. The third-order valence-electron chi connectivity index (χ3n) is 0. The van der Waals surface area contributed by atoms with E-state index in [9.17, 15) is 0 Å². The first-order valence-corrected chi connectivity index (χ1v) is 2.05. The fourth-order valence-electron chi connectivity index (χ4n) is 0. The van der Waals surface area contributed by atoms with Gasteiger partial charge in [-0.05, 0) is 0 Å². The summed E-state index contributed by atoms with van der Waals surface area (Å²) >= 11 is 4.55. The second kappa shape index (κ2) is 9.21. The second-order valence-corrected chi connectivity index (χ2v) is 0.878. The van der Waals surface area contributed by atoms with Crippen LogP contribution in [0.2, 0.25) is 0 Å². The lowest BCUT2D eigenvalue weighted by Crippen LogP contribution is -1.78. The number of hydrogen-bond donors (Lipinski definition) is 2. The fraction of sp³-hybridized carbons (Fsp3) is 0.667. The highest BCUT2D eigenvalue weighted by atomic mass is 35.5. The highest BCUT2D eigenvalue weighted by Gasteiger charge is 1.65. The molecule has 0 aromatic heterocycles. The molecule has 0 fully saturated rings. The van der Waals surface area contributed by atoms with Gasteiger partial charge in [0, 0.05) is 6.92 Å². The Morgan fingerprint density at radius 3 is 1.86 bits per heavy atom. The van der Waals surface area contributed by atoms with Gasteiger partial charge in [0.05, 0.1) is 0 Å². The van der Waals surface area contributed by atoms with Crippen LogP contribution in [0.4, 0.5) is 0 Å². The van der Waals surface area contributed by atoms with Crippen LogP contribution in [0.3, 0.4) is 0 Å². The van der Waals surface area contributed by atoms with E-state index < -0.39 is 5.97 Å². The predicted molar refractivity (Wildman–Crippen MR) is 26.2 cm³/mol. The van der Waals surface area contributed by atoms with Crippen LogP contribution in [0.5, 0.6) is 0 Å². The van der Waals surface area contributed by atoms with Crippen LogP contribution < -0.4 is 0 Å². The lowest BCUT2D eigenvalue weighted by Gasteiger charge is -1.59. The Bertz CT molecular complexity index is 41.4. The minimum absolute atomic E-state index is 0.278. The number of rotatable bonds is 0. The molecule has 7 heavy (non-hydrogen) atoms. The van der Waals surface area contributed by atoms with Gasteiger partial charge in [0.25, 0.3) is 5.97 Å². The quantitative estimate of drug-likeness (QED) is 0.458. The molecule has 0 unspecified atom stereocenters. The number of carboxylic acid groups (broad SMARTS) is 1. The molecular weight excluding hydrogens is 119 g/mol. The average molecular weight is 127 g/mol. The largest absolute Gasteiger partial charge is 0.481 e. The maximum Gasteiger partial charge on any atom is 0.300 e. The van der Waals surface area contributed by atoms with E-state index in [-0.39, 0.29) is 6.07 Å². The van der Waals surface area contributed by atoms with E-state index in [1.807, 2.05) is 0 Å². The zero-order valence-corrected chi connectivity index (χ0v) is 4.64. The first-order valence-electron chi connectivity index (χ1n) is 1.51. The summed E-state index contributed by atoms with van der Waals surface area (Å²) in [5.41, 5.74) is 0. The van der Waals surface area contributed by atoms with Crippen molar-refractivity contribution in [3.8, 4) is 0 Å². The molecule has 0 aromatic carbocycles. The second-order valence-electron chi connectivity index (χ2n) is 0.639. The highest BCUT2D eigenvalue weighted by molar-refractivity contribution is 6.16. The number of aliphatic hydroxyl groups excluding tert-OH is 1. The molecular formula is C3H7ClO3. The zero-order valence-electron chi connectivity index (χ0n) is 3.89. The van der Waals surface area contributed by atoms with Crippen molar-refractivity contribution < 1.29 is 15.0 Å². The van der Waals surface area contributed by atoms with E-state index in [0.29, 0.717) is 0 Å². The van der Waals surface area contributed by atoms with E-state index in [1.54, 1.807) is 0 Å². The summed E-state index contributed by atoms with van der Waals surface area (Å²) in [5.74, 6) is -0.833. The van der Waals surface area contributed by atoms with E-state index in [4.69, 9.17) is 15.0 Å². The minimum Gasteiger partial charge on any atom is -0.481 e. The molecule has 0 rings (SSSR count). The van der Waals surface area contributed by atoms with Crippen LogP contribution in [0.15, 0.2) is 0 Å². The van der Waals surface area contributed by atoms with Gasteiger partial charge in [-0.3, -0.25) is 4.79 Å². The molecule has 0 aliphatic carbocycles. The van der Waals surface area contributed by atoms with Crippen LogP contribution in [-0.4, -0.2) is 22.2 Å². The van der Waals surface area contributed by atoms with Crippen molar-refractivity contribution in [1.82, 2.24) is 0 Å². The average Bonchev–Trinajstić information content (AvgIpc) is 1.33. The minimum atomic E-state index is -0.833. The molecule has 3 nitrogen and oxygen atoms in total. The van der Waals surface area contributed by atoms with E-state index in [0.717, 1.165) is 6.92 Å². The summed E-state index contributed by atoms with van der Waals surface area (Å²) < 4.78 is 0. The van der Waals surface area contributed by atoms with Crippen molar-refractivity contribution >= 4 is 17.6 Å². The number of alkyl halides is 1. The molecule has 0 spiro atoms. The van der Waals surface area contributed by atoms with Crippen molar-refractivity contribution in [2.24, 2.45) is 0 Å². The summed E-state index contributed by atoms with van der Waals surface area (Å²) in [6, 6.07) is -0.278. The normalized spacial score (nSPS) is 6.14. The highest BCUT2D eigenvalue weighted by Crippen LogP contribution is 1.53. The number of aliphatic carboxylic acids is 1. The third-order valence-corrected chi connectivity index (χ3v) is 0. The van der Waals surface area contributed by atoms with E-state index >= 15 is 0 Å². The first-order chi connectivity index (χ1) is 3.15. The summed E-state index contributed by atoms with van der Waals surface area (Å²) in [4.78, 5) is 9.00. The standard InChI is InChI=1S/C2H4O2.CH3ClO/c1-2(3)4;2-1-3/h1H3,(H,3,4);3H,1H2. The molecule has 44 valence electrons. The molecule has 0 saturated carbocycles. The maximum atomic E-state index is 9.00. The van der Waals surface area contributed by atoms with Gasteiger partial charge >= 0.3 is 0 Å². The Kier molecular flexibility index (Phi) is 13.0. The Morgan fingerprint density at radius 2 is 1.86 bits per heavy atom. The first kappa shape index (κ1) is 9.87. The Morgan fingerprint density at radius 1 is 1.86 bits per heavy atom. The van der Waals surface area contributed by atoms with Crippen molar-refractivity contribution in [2.45, 2.75) is 6.92 Å². The topological polar surface area (TPSA) is 57.5 Å². The lowest BCUT2D eigenvalue weighted by molar-refractivity contribution is -0.134. The Labute approximate surface area is 46.5 Å². The van der Waals surface area contributed by atoms with Gasteiger partial charge < -0.3 is 10.2 Å². The SMILES string of the molecule is CC(=O)O.OCCl. The van der Waals surface area contributed by atoms with Crippen molar-refractivity contribution in [3.63, 3.8) is 0 Å². The molecule has 0 amide bonds. The molecule has 0 saturated heterocycles. The molecule has 0 aliphatic heterocycles. The van der Waals surface area contributed by atoms with Crippen LogP contribution in [0.1, 0.15) is 6.92 Å². The van der Waals surface area contributed by atoms with E-state index in [2.05, 4.69) is 11.6 Å². The maximum absolute atomic E-state index is 9.00. The fourth-order valence-corrected chi connectivity index (χ4v) is 0. The molecule has 2 N–H and O–H groups in total. The molecule has 4 heteroatoms. The lowest BCUT2D eigenvalue weighted by atomic mass is 10.9. The van der Waals surface area contributed by atoms with Gasteiger partial charge in [0.1, 0.15) is 6.07 Å². The Balaban J connectivity index is 0. The van der Waals surface area contributed by atoms with Crippen LogP contribution in [0, 0.1) is 0 Å². The van der Waals surface area contributed by atoms with Gasteiger partial charge in [0.2, 0.25) is 0 Å². The van der Waals surface area contributed by atoms with Crippen molar-refractivity contribution in [2.75, 3.05) is 6.07 Å². The van der Waals surface area contributed by atoms with Gasteiger partial charge in [-0.2, -0.15) is 0 Å².